The monoisotopic (exact) mass is 866 g/mol. The summed E-state index contributed by atoms with van der Waals surface area (Å²) >= 11 is 0. The third-order valence-electron chi connectivity index (χ3n) is 12.5. The van der Waals surface area contributed by atoms with Crippen LogP contribution in [0.15, 0.2) is 36.5 Å². The summed E-state index contributed by atoms with van der Waals surface area (Å²) in [5.74, 6) is -7.65. The van der Waals surface area contributed by atoms with Crippen molar-refractivity contribution in [3.63, 3.8) is 0 Å². The number of likely N-dealkylation sites (N-methyl/N-ethyl adjacent to an activating group) is 1. The minimum absolute atomic E-state index is 0.00262. The van der Waals surface area contributed by atoms with Crippen molar-refractivity contribution in [2.24, 2.45) is 0 Å². The molecule has 2 aromatic carbocycles. The van der Waals surface area contributed by atoms with Crippen LogP contribution < -0.4 is 35.4 Å². The van der Waals surface area contributed by atoms with Crippen LogP contribution in [-0.2, 0) is 14.4 Å². The quantitative estimate of drug-likeness (QED) is 0.172. The van der Waals surface area contributed by atoms with Gasteiger partial charge in [0.05, 0.1) is 31.5 Å². The lowest BCUT2D eigenvalue weighted by molar-refractivity contribution is -0.140. The van der Waals surface area contributed by atoms with Crippen LogP contribution >= 0.6 is 0 Å². The molecule has 3 fully saturated rings. The van der Waals surface area contributed by atoms with Crippen LogP contribution in [0.1, 0.15) is 74.2 Å². The van der Waals surface area contributed by atoms with E-state index in [1.54, 1.807) is 36.9 Å². The van der Waals surface area contributed by atoms with Crippen molar-refractivity contribution < 1.29 is 41.5 Å². The van der Waals surface area contributed by atoms with E-state index in [0.717, 1.165) is 43.7 Å². The van der Waals surface area contributed by atoms with Crippen LogP contribution in [-0.4, -0.2) is 134 Å². The van der Waals surface area contributed by atoms with E-state index >= 15 is 8.78 Å². The molecule has 1 aromatic heterocycles. The highest BCUT2D eigenvalue weighted by molar-refractivity contribution is 6.02. The highest BCUT2D eigenvalue weighted by Crippen LogP contribution is 2.38. The predicted octanol–water partition coefficient (Wildman–Crippen LogP) is 4.65. The number of hydrogen-bond acceptors (Lipinski definition) is 12. The number of piperidine rings is 1. The van der Waals surface area contributed by atoms with Gasteiger partial charge in [-0.3, -0.25) is 29.4 Å². The van der Waals surface area contributed by atoms with Gasteiger partial charge < -0.3 is 35.0 Å². The molecule has 7 rings (SSSR count). The molecule has 334 valence electrons. The van der Waals surface area contributed by atoms with E-state index in [1.807, 2.05) is 0 Å². The number of amides is 4. The molecule has 2 saturated heterocycles. The van der Waals surface area contributed by atoms with Crippen molar-refractivity contribution in [2.45, 2.75) is 82.3 Å². The number of hydrogen-bond donors (Lipinski definition) is 3. The summed E-state index contributed by atoms with van der Waals surface area (Å²) in [6, 6.07) is 7.32. The number of carbonyl (C=O) groups is 4. The zero-order valence-corrected chi connectivity index (χ0v) is 35.6. The molecule has 1 atom stereocenters. The minimum Gasteiger partial charge on any atom is -0.495 e. The second kappa shape index (κ2) is 18.4. The number of ether oxygens (including phenoxy) is 1. The maximum Gasteiger partial charge on any atom is 0.342 e. The van der Waals surface area contributed by atoms with Crippen LogP contribution in [0.4, 0.5) is 46.4 Å². The molecule has 15 nitrogen and oxygen atoms in total. The fourth-order valence-electron chi connectivity index (χ4n) is 8.78. The van der Waals surface area contributed by atoms with E-state index in [9.17, 15) is 28.0 Å². The number of benzene rings is 2. The summed E-state index contributed by atoms with van der Waals surface area (Å²) < 4.78 is 65.6. The molecule has 3 aliphatic heterocycles. The molecule has 4 aliphatic rings. The molecule has 62 heavy (non-hydrogen) atoms. The topological polar surface area (TPSA) is 156 Å². The van der Waals surface area contributed by atoms with Crippen molar-refractivity contribution in [1.82, 2.24) is 30.4 Å². The van der Waals surface area contributed by atoms with Gasteiger partial charge in [0.2, 0.25) is 17.8 Å². The molecular weight excluding hydrogens is 813 g/mol. The average molecular weight is 867 g/mol. The second-order valence-electron chi connectivity index (χ2n) is 16.9. The number of rotatable bonds is 12. The normalized spacial score (nSPS) is 22.1. The molecule has 19 heteroatoms. The zero-order chi connectivity index (χ0) is 44.5. The lowest BCUT2D eigenvalue weighted by Gasteiger charge is -2.39. The van der Waals surface area contributed by atoms with Crippen molar-refractivity contribution in [2.75, 3.05) is 87.0 Å². The van der Waals surface area contributed by atoms with E-state index in [4.69, 9.17) is 4.74 Å². The van der Waals surface area contributed by atoms with Gasteiger partial charge in [0.25, 0.3) is 11.8 Å². The third-order valence-corrected chi connectivity index (χ3v) is 12.5. The molecule has 1 unspecified atom stereocenters. The Hall–Kier alpha value is -5.56. The number of fused-ring (bicyclic) bond motifs is 1. The molecule has 3 aromatic rings. The van der Waals surface area contributed by atoms with Gasteiger partial charge in [-0.15, -0.1) is 0 Å². The number of methoxy groups -OCH3 is 1. The molecule has 4 amide bonds. The summed E-state index contributed by atoms with van der Waals surface area (Å²) in [7, 11) is 4.84. The lowest BCUT2D eigenvalue weighted by atomic mass is 9.90. The smallest absolute Gasteiger partial charge is 0.342 e. The van der Waals surface area contributed by atoms with Gasteiger partial charge >= 0.3 is 5.92 Å². The Labute approximate surface area is 358 Å². The number of nitrogens with zero attached hydrogens (tertiary/aromatic N) is 7. The maximum absolute atomic E-state index is 15.3. The first-order chi connectivity index (χ1) is 29.5. The standard InChI is InChI=1S/C43H54F4N10O5/c1-25(2)57-24-43(46,47)41(61)54(4)34-23-48-42(52-38(34)57)50-33-12-6-26(22-35(33)62-5)39(59)49-28-7-9-29(10-8-28)53(3)14-15-55-16-18-56(19-17-55)37-31(44)20-27(21-32(37)45)30-11-13-36(58)51-40(30)60/h6,12,20-23,25,28-30H,7-11,13-19,24H2,1-5H3,(H,49,59)(H,48,50,52)(H,51,58,60). The number of carbonyl (C=O) groups excluding carboxylic acids is 4. The lowest BCUT2D eigenvalue weighted by Crippen LogP contribution is -2.50. The number of imide groups is 1. The van der Waals surface area contributed by atoms with E-state index < -0.39 is 41.8 Å². The Morgan fingerprint density at radius 2 is 1.71 bits per heavy atom. The second-order valence-corrected chi connectivity index (χ2v) is 16.9. The van der Waals surface area contributed by atoms with Gasteiger partial charge in [-0.2, -0.15) is 13.8 Å². The van der Waals surface area contributed by atoms with E-state index in [0.29, 0.717) is 49.2 Å². The summed E-state index contributed by atoms with van der Waals surface area (Å²) in [4.78, 5) is 67.0. The summed E-state index contributed by atoms with van der Waals surface area (Å²) in [6.07, 6.45) is 5.11. The molecule has 1 saturated carbocycles. The largest absolute Gasteiger partial charge is 0.495 e. The van der Waals surface area contributed by atoms with Crippen molar-refractivity contribution >= 4 is 52.5 Å². The van der Waals surface area contributed by atoms with E-state index in [2.05, 4.69) is 42.8 Å². The number of nitrogens with one attached hydrogen (secondary N) is 3. The number of anilines is 5. The first-order valence-corrected chi connectivity index (χ1v) is 21.1. The number of aromatic nitrogens is 2. The fourth-order valence-corrected chi connectivity index (χ4v) is 8.78. The highest BCUT2D eigenvalue weighted by Gasteiger charge is 2.48. The summed E-state index contributed by atoms with van der Waals surface area (Å²) in [6.45, 7) is 6.49. The Morgan fingerprint density at radius 1 is 1.02 bits per heavy atom. The SMILES string of the molecule is COc1cc(C(=O)NC2CCC(N(C)CCN3CCN(c4c(F)cc(C5CCC(=O)NC5=O)cc4F)CC3)CC2)ccc1Nc1ncc2c(n1)N(C(C)C)CC(F)(F)C(=O)N2C. The molecular formula is C43H54F4N10O5. The van der Waals surface area contributed by atoms with Crippen LogP contribution in [0.5, 0.6) is 5.75 Å². The van der Waals surface area contributed by atoms with Gasteiger partial charge in [0.1, 0.15) is 28.8 Å². The maximum atomic E-state index is 15.3. The van der Waals surface area contributed by atoms with Crippen LogP contribution in [0.3, 0.4) is 0 Å². The summed E-state index contributed by atoms with van der Waals surface area (Å²) in [5.41, 5.74) is 1.16. The minimum atomic E-state index is -3.61. The molecule has 0 spiro atoms. The first kappa shape index (κ1) is 44.5. The van der Waals surface area contributed by atoms with Gasteiger partial charge in [-0.25, -0.2) is 13.8 Å². The van der Waals surface area contributed by atoms with Gasteiger partial charge in [0.15, 0.2) is 5.82 Å². The Kier molecular flexibility index (Phi) is 13.2. The average Bonchev–Trinajstić information content (AvgIpc) is 3.31. The Balaban J connectivity index is 0.868. The van der Waals surface area contributed by atoms with Crippen LogP contribution in [0.2, 0.25) is 0 Å². The predicted molar refractivity (Wildman–Crippen MR) is 225 cm³/mol. The van der Waals surface area contributed by atoms with Crippen molar-refractivity contribution in [1.29, 1.82) is 0 Å². The first-order valence-electron chi connectivity index (χ1n) is 21.1. The Morgan fingerprint density at radius 3 is 2.35 bits per heavy atom. The zero-order valence-electron chi connectivity index (χ0n) is 35.6. The molecule has 1 aliphatic carbocycles. The third kappa shape index (κ3) is 9.57. The number of halogens is 4. The summed E-state index contributed by atoms with van der Waals surface area (Å²) in [5, 5.41) is 8.48. The number of piperazine rings is 1. The molecule has 0 radical (unpaired) electrons. The molecule has 3 N–H and O–H groups in total. The van der Waals surface area contributed by atoms with Crippen molar-refractivity contribution in [3.05, 3.63) is 59.3 Å². The van der Waals surface area contributed by atoms with Gasteiger partial charge in [0, 0.05) is 76.4 Å². The van der Waals surface area contributed by atoms with Gasteiger partial charge in [-0.05, 0) is 88.9 Å². The highest BCUT2D eigenvalue weighted by atomic mass is 19.3. The van der Waals surface area contributed by atoms with E-state index in [-0.39, 0.29) is 65.4 Å². The fraction of sp³-hybridized carbons (Fsp3) is 0.535. The molecule has 0 bridgehead atoms. The van der Waals surface area contributed by atoms with Gasteiger partial charge in [-0.1, -0.05) is 0 Å². The Bertz CT molecular complexity index is 2160. The molecule has 4 heterocycles. The van der Waals surface area contributed by atoms with Crippen molar-refractivity contribution in [3.8, 4) is 5.75 Å². The van der Waals surface area contributed by atoms with E-state index in [1.165, 1.54) is 37.4 Å². The van der Waals surface area contributed by atoms with Crippen LogP contribution in [0, 0.1) is 11.6 Å². The number of alkyl halides is 2. The van der Waals surface area contributed by atoms with Crippen LogP contribution in [0.25, 0.3) is 0 Å².